The van der Waals surface area contributed by atoms with Gasteiger partial charge in [0.05, 0.1) is 12.7 Å². The van der Waals surface area contributed by atoms with Gasteiger partial charge in [0, 0.05) is 25.8 Å². The van der Waals surface area contributed by atoms with Crippen molar-refractivity contribution in [2.45, 2.75) is 33.4 Å². The van der Waals surface area contributed by atoms with Crippen LogP contribution in [-0.4, -0.2) is 26.4 Å². The Kier molecular flexibility index (Phi) is 6.01. The van der Waals surface area contributed by atoms with Crippen molar-refractivity contribution in [3.05, 3.63) is 29.3 Å². The third-order valence-corrected chi connectivity index (χ3v) is 2.45. The zero-order valence-electron chi connectivity index (χ0n) is 11.2. The quantitative estimate of drug-likeness (QED) is 0.739. The lowest BCUT2D eigenvalue weighted by Crippen LogP contribution is -2.19. The van der Waals surface area contributed by atoms with Crippen molar-refractivity contribution in [3.8, 4) is 5.75 Å². The minimum Gasteiger partial charge on any atom is -0.490 e. The molecule has 0 aliphatic rings. The Morgan fingerprint density at radius 3 is 2.71 bits per heavy atom. The Bertz CT molecular complexity index is 337. The number of nitrogens with one attached hydrogen (secondary N) is 1. The molecule has 0 saturated heterocycles. The summed E-state index contributed by atoms with van der Waals surface area (Å²) >= 11 is 0. The minimum absolute atomic E-state index is 0.203. The number of hydrogen-bond acceptors (Lipinski definition) is 3. The molecule has 17 heavy (non-hydrogen) atoms. The van der Waals surface area contributed by atoms with Crippen molar-refractivity contribution in [3.63, 3.8) is 0 Å². The van der Waals surface area contributed by atoms with Gasteiger partial charge >= 0.3 is 0 Å². The Morgan fingerprint density at radius 1 is 1.29 bits per heavy atom. The van der Waals surface area contributed by atoms with E-state index in [2.05, 4.69) is 44.3 Å². The molecular formula is C14H23NO2. The highest BCUT2D eigenvalue weighted by Gasteiger charge is 2.08. The second-order valence-corrected chi connectivity index (χ2v) is 4.40. The fourth-order valence-corrected chi connectivity index (χ4v) is 1.65. The average Bonchev–Trinajstić information content (AvgIpc) is 2.28. The van der Waals surface area contributed by atoms with Crippen LogP contribution in [0.15, 0.2) is 18.2 Å². The van der Waals surface area contributed by atoms with Crippen LogP contribution in [0.1, 0.15) is 25.0 Å². The van der Waals surface area contributed by atoms with Gasteiger partial charge in [0.15, 0.2) is 0 Å². The molecule has 96 valence electrons. The van der Waals surface area contributed by atoms with Gasteiger partial charge < -0.3 is 14.8 Å². The topological polar surface area (TPSA) is 30.5 Å². The fraction of sp³-hybridized carbons (Fsp3) is 0.571. The van der Waals surface area contributed by atoms with E-state index in [1.54, 1.807) is 7.11 Å². The van der Waals surface area contributed by atoms with Crippen molar-refractivity contribution >= 4 is 0 Å². The SMILES string of the molecule is COCCNCc1cccc(C)c1OC(C)C. The molecule has 0 aliphatic carbocycles. The molecule has 0 radical (unpaired) electrons. The van der Waals surface area contributed by atoms with E-state index in [9.17, 15) is 0 Å². The lowest BCUT2D eigenvalue weighted by molar-refractivity contribution is 0.198. The number of ether oxygens (including phenoxy) is 2. The molecule has 0 atom stereocenters. The van der Waals surface area contributed by atoms with Crippen molar-refractivity contribution in [2.24, 2.45) is 0 Å². The summed E-state index contributed by atoms with van der Waals surface area (Å²) in [6, 6.07) is 6.25. The largest absolute Gasteiger partial charge is 0.490 e. The molecule has 3 heteroatoms. The molecule has 0 aromatic heterocycles. The fourth-order valence-electron chi connectivity index (χ4n) is 1.65. The van der Waals surface area contributed by atoms with Crippen molar-refractivity contribution in [1.82, 2.24) is 5.32 Å². The van der Waals surface area contributed by atoms with Crippen LogP contribution in [0.4, 0.5) is 0 Å². The first kappa shape index (κ1) is 14.0. The predicted molar refractivity (Wildman–Crippen MR) is 70.5 cm³/mol. The maximum absolute atomic E-state index is 5.86. The van der Waals surface area contributed by atoms with Crippen LogP contribution in [0.3, 0.4) is 0 Å². The maximum atomic E-state index is 5.86. The van der Waals surface area contributed by atoms with Crippen molar-refractivity contribution in [2.75, 3.05) is 20.3 Å². The second-order valence-electron chi connectivity index (χ2n) is 4.40. The summed E-state index contributed by atoms with van der Waals surface area (Å²) in [5.74, 6) is 1.01. The van der Waals surface area contributed by atoms with Gasteiger partial charge in [-0.25, -0.2) is 0 Å². The van der Waals surface area contributed by atoms with Gasteiger partial charge in [-0.3, -0.25) is 0 Å². The summed E-state index contributed by atoms with van der Waals surface area (Å²) in [5.41, 5.74) is 2.39. The van der Waals surface area contributed by atoms with Crippen LogP contribution in [0, 0.1) is 6.92 Å². The van der Waals surface area contributed by atoms with Gasteiger partial charge in [0.25, 0.3) is 0 Å². The van der Waals surface area contributed by atoms with Gasteiger partial charge in [-0.05, 0) is 26.3 Å². The molecule has 0 heterocycles. The van der Waals surface area contributed by atoms with Crippen LogP contribution in [0.25, 0.3) is 0 Å². The van der Waals surface area contributed by atoms with Crippen LogP contribution < -0.4 is 10.1 Å². The molecule has 1 aromatic rings. The minimum atomic E-state index is 0.203. The summed E-state index contributed by atoms with van der Waals surface area (Å²) < 4.78 is 10.9. The number of benzene rings is 1. The van der Waals surface area contributed by atoms with E-state index in [1.807, 2.05) is 0 Å². The highest BCUT2D eigenvalue weighted by molar-refractivity contribution is 5.40. The van der Waals surface area contributed by atoms with E-state index < -0.39 is 0 Å². The molecule has 1 N–H and O–H groups in total. The zero-order chi connectivity index (χ0) is 12.7. The van der Waals surface area contributed by atoms with Gasteiger partial charge in [-0.1, -0.05) is 18.2 Å². The van der Waals surface area contributed by atoms with Crippen LogP contribution in [0.2, 0.25) is 0 Å². The number of aryl methyl sites for hydroxylation is 1. The number of para-hydroxylation sites is 1. The first-order valence-corrected chi connectivity index (χ1v) is 6.10. The van der Waals surface area contributed by atoms with Crippen LogP contribution >= 0.6 is 0 Å². The lowest BCUT2D eigenvalue weighted by atomic mass is 10.1. The molecule has 0 fully saturated rings. The summed E-state index contributed by atoms with van der Waals surface area (Å²) in [4.78, 5) is 0. The standard InChI is InChI=1S/C14H23NO2/c1-11(2)17-14-12(3)6-5-7-13(14)10-15-8-9-16-4/h5-7,11,15H,8-10H2,1-4H3. The lowest BCUT2D eigenvalue weighted by Gasteiger charge is -2.17. The van der Waals surface area contributed by atoms with E-state index in [4.69, 9.17) is 9.47 Å². The maximum Gasteiger partial charge on any atom is 0.127 e. The Balaban J connectivity index is 2.66. The van der Waals surface area contributed by atoms with Crippen molar-refractivity contribution in [1.29, 1.82) is 0 Å². The Hall–Kier alpha value is -1.06. The summed E-state index contributed by atoms with van der Waals surface area (Å²) in [5, 5.41) is 3.34. The number of hydrogen-bond donors (Lipinski definition) is 1. The monoisotopic (exact) mass is 237 g/mol. The molecule has 0 spiro atoms. The summed E-state index contributed by atoms with van der Waals surface area (Å²) in [6.07, 6.45) is 0.203. The first-order valence-electron chi connectivity index (χ1n) is 6.10. The Morgan fingerprint density at radius 2 is 2.06 bits per heavy atom. The first-order chi connectivity index (χ1) is 8.15. The zero-order valence-corrected chi connectivity index (χ0v) is 11.2. The highest BCUT2D eigenvalue weighted by Crippen LogP contribution is 2.24. The molecule has 1 aromatic carbocycles. The van der Waals surface area contributed by atoms with E-state index in [0.717, 1.165) is 25.4 Å². The summed E-state index contributed by atoms with van der Waals surface area (Å²) in [6.45, 7) is 8.57. The molecule has 0 aliphatic heterocycles. The van der Waals surface area contributed by atoms with Gasteiger partial charge in [-0.2, -0.15) is 0 Å². The van der Waals surface area contributed by atoms with Gasteiger partial charge in [0.1, 0.15) is 5.75 Å². The summed E-state index contributed by atoms with van der Waals surface area (Å²) in [7, 11) is 1.71. The third kappa shape index (κ3) is 4.75. The average molecular weight is 237 g/mol. The van der Waals surface area contributed by atoms with E-state index in [0.29, 0.717) is 0 Å². The van der Waals surface area contributed by atoms with Crippen LogP contribution in [-0.2, 0) is 11.3 Å². The van der Waals surface area contributed by atoms with E-state index in [-0.39, 0.29) is 6.10 Å². The number of methoxy groups -OCH3 is 1. The molecule has 1 rings (SSSR count). The Labute approximate surface area is 104 Å². The van der Waals surface area contributed by atoms with Crippen molar-refractivity contribution < 1.29 is 9.47 Å². The normalized spacial score (nSPS) is 10.9. The molecule has 0 amide bonds. The second kappa shape index (κ2) is 7.30. The number of rotatable bonds is 7. The van der Waals surface area contributed by atoms with Crippen LogP contribution in [0.5, 0.6) is 5.75 Å². The third-order valence-electron chi connectivity index (χ3n) is 2.45. The van der Waals surface area contributed by atoms with E-state index >= 15 is 0 Å². The predicted octanol–water partition coefficient (Wildman–Crippen LogP) is 2.52. The molecule has 0 saturated carbocycles. The molecule has 3 nitrogen and oxygen atoms in total. The molecule has 0 bridgehead atoms. The highest BCUT2D eigenvalue weighted by atomic mass is 16.5. The molecule has 0 unspecified atom stereocenters. The van der Waals surface area contributed by atoms with Gasteiger partial charge in [-0.15, -0.1) is 0 Å². The van der Waals surface area contributed by atoms with Gasteiger partial charge in [0.2, 0.25) is 0 Å². The molecular weight excluding hydrogens is 214 g/mol. The smallest absolute Gasteiger partial charge is 0.127 e. The van der Waals surface area contributed by atoms with E-state index in [1.165, 1.54) is 11.1 Å².